The number of benzene rings is 2. The number of ketones is 1. The van der Waals surface area contributed by atoms with Gasteiger partial charge in [0.05, 0.1) is 6.54 Å². The standard InChI is InChI=1S/C20H21FN2O4/c21-12-17(24)13-22-19(25)18(11-15-7-3-1-4-8-15)23-20(26)27-14-16-9-5-2-6-10-16/h1-10,18H,11-14H2,(H,22,25)(H,23,26)/t18-/m1/s1. The van der Waals surface area contributed by atoms with Crippen LogP contribution < -0.4 is 10.6 Å². The lowest BCUT2D eigenvalue weighted by molar-refractivity contribution is -0.126. The molecule has 0 bridgehead atoms. The molecule has 6 nitrogen and oxygen atoms in total. The van der Waals surface area contributed by atoms with Crippen molar-refractivity contribution in [1.29, 1.82) is 0 Å². The molecule has 0 heterocycles. The number of amides is 2. The third kappa shape index (κ3) is 7.27. The number of rotatable bonds is 9. The summed E-state index contributed by atoms with van der Waals surface area (Å²) >= 11 is 0. The van der Waals surface area contributed by atoms with Crippen LogP contribution in [0.5, 0.6) is 0 Å². The lowest BCUT2D eigenvalue weighted by atomic mass is 10.1. The second kappa shape index (κ2) is 10.7. The van der Waals surface area contributed by atoms with Gasteiger partial charge in [-0.15, -0.1) is 0 Å². The molecule has 7 heteroatoms. The monoisotopic (exact) mass is 372 g/mol. The van der Waals surface area contributed by atoms with E-state index in [-0.39, 0.29) is 13.0 Å². The normalized spacial score (nSPS) is 11.3. The number of carbonyl (C=O) groups is 3. The average Bonchev–Trinajstić information content (AvgIpc) is 2.71. The SMILES string of the molecule is O=C(CF)CNC(=O)[C@@H](Cc1ccccc1)NC(=O)OCc1ccccc1. The largest absolute Gasteiger partial charge is 0.445 e. The summed E-state index contributed by atoms with van der Waals surface area (Å²) in [5.41, 5.74) is 1.63. The van der Waals surface area contributed by atoms with E-state index in [1.807, 2.05) is 60.7 Å². The highest BCUT2D eigenvalue weighted by molar-refractivity contribution is 5.90. The quantitative estimate of drug-likeness (QED) is 0.707. The van der Waals surface area contributed by atoms with Crippen molar-refractivity contribution in [1.82, 2.24) is 10.6 Å². The highest BCUT2D eigenvalue weighted by Gasteiger charge is 2.22. The van der Waals surface area contributed by atoms with E-state index in [1.54, 1.807) is 0 Å². The predicted molar refractivity (Wildman–Crippen MR) is 97.7 cm³/mol. The molecule has 2 aromatic carbocycles. The highest BCUT2D eigenvalue weighted by Crippen LogP contribution is 2.05. The Balaban J connectivity index is 1.96. The maximum Gasteiger partial charge on any atom is 0.408 e. The number of hydrogen-bond donors (Lipinski definition) is 2. The molecule has 2 aromatic rings. The summed E-state index contributed by atoms with van der Waals surface area (Å²) in [5, 5.41) is 4.83. The fraction of sp³-hybridized carbons (Fsp3) is 0.250. The van der Waals surface area contributed by atoms with Gasteiger partial charge >= 0.3 is 6.09 Å². The van der Waals surface area contributed by atoms with Crippen molar-refractivity contribution < 1.29 is 23.5 Å². The van der Waals surface area contributed by atoms with Crippen LogP contribution in [0.25, 0.3) is 0 Å². The number of carbonyl (C=O) groups excluding carboxylic acids is 3. The zero-order chi connectivity index (χ0) is 19.5. The number of alkyl carbamates (subject to hydrolysis) is 1. The number of Topliss-reactive ketones (excluding diaryl/α,β-unsaturated/α-hetero) is 1. The molecule has 1 atom stereocenters. The van der Waals surface area contributed by atoms with E-state index in [9.17, 15) is 18.8 Å². The minimum absolute atomic E-state index is 0.0622. The Morgan fingerprint density at radius 2 is 1.52 bits per heavy atom. The van der Waals surface area contributed by atoms with E-state index in [1.165, 1.54) is 0 Å². The van der Waals surface area contributed by atoms with Crippen LogP contribution in [0.2, 0.25) is 0 Å². The third-order valence-corrected chi connectivity index (χ3v) is 3.71. The minimum Gasteiger partial charge on any atom is -0.445 e. The van der Waals surface area contributed by atoms with Crippen molar-refractivity contribution in [3.63, 3.8) is 0 Å². The van der Waals surface area contributed by atoms with Gasteiger partial charge in [-0.2, -0.15) is 0 Å². The van der Waals surface area contributed by atoms with Gasteiger partial charge in [0, 0.05) is 6.42 Å². The van der Waals surface area contributed by atoms with E-state index >= 15 is 0 Å². The Kier molecular flexibility index (Phi) is 7.96. The Morgan fingerprint density at radius 1 is 0.926 bits per heavy atom. The Morgan fingerprint density at radius 3 is 2.11 bits per heavy atom. The van der Waals surface area contributed by atoms with Crippen molar-refractivity contribution in [2.45, 2.75) is 19.1 Å². The van der Waals surface area contributed by atoms with Gasteiger partial charge in [0.25, 0.3) is 0 Å². The van der Waals surface area contributed by atoms with Gasteiger partial charge in [-0.25, -0.2) is 9.18 Å². The summed E-state index contributed by atoms with van der Waals surface area (Å²) in [7, 11) is 0. The first-order valence-electron chi connectivity index (χ1n) is 8.45. The topological polar surface area (TPSA) is 84.5 Å². The molecule has 2 amide bonds. The molecular formula is C20H21FN2O4. The lowest BCUT2D eigenvalue weighted by Crippen LogP contribution is -2.49. The van der Waals surface area contributed by atoms with Crippen LogP contribution in [0.1, 0.15) is 11.1 Å². The first-order chi connectivity index (χ1) is 13.1. The van der Waals surface area contributed by atoms with E-state index < -0.39 is 37.0 Å². The maximum absolute atomic E-state index is 12.3. The highest BCUT2D eigenvalue weighted by atomic mass is 19.1. The Labute approximate surface area is 156 Å². The molecule has 0 radical (unpaired) electrons. The van der Waals surface area contributed by atoms with Crippen molar-refractivity contribution in [3.8, 4) is 0 Å². The fourth-order valence-electron chi connectivity index (χ4n) is 2.32. The molecule has 0 aliphatic heterocycles. The van der Waals surface area contributed by atoms with Gasteiger partial charge in [-0.3, -0.25) is 9.59 Å². The van der Waals surface area contributed by atoms with Crippen LogP contribution in [-0.2, 0) is 27.4 Å². The average molecular weight is 372 g/mol. The van der Waals surface area contributed by atoms with Crippen molar-refractivity contribution in [2.75, 3.05) is 13.2 Å². The molecule has 2 rings (SSSR count). The second-order valence-corrected chi connectivity index (χ2v) is 5.84. The van der Waals surface area contributed by atoms with Gasteiger partial charge in [0.15, 0.2) is 5.78 Å². The van der Waals surface area contributed by atoms with Crippen molar-refractivity contribution in [2.24, 2.45) is 0 Å². The summed E-state index contributed by atoms with van der Waals surface area (Å²) in [6.45, 7) is -1.52. The van der Waals surface area contributed by atoms with Crippen LogP contribution in [0.4, 0.5) is 9.18 Å². The van der Waals surface area contributed by atoms with E-state index in [0.29, 0.717) is 0 Å². The Hall–Kier alpha value is -3.22. The fourth-order valence-corrected chi connectivity index (χ4v) is 2.32. The summed E-state index contributed by atoms with van der Waals surface area (Å²) in [6.07, 6.45) is -0.552. The van der Waals surface area contributed by atoms with E-state index in [2.05, 4.69) is 10.6 Å². The van der Waals surface area contributed by atoms with Crippen molar-refractivity contribution in [3.05, 3.63) is 71.8 Å². The summed E-state index contributed by atoms with van der Waals surface area (Å²) in [6, 6.07) is 17.2. The summed E-state index contributed by atoms with van der Waals surface area (Å²) in [5.74, 6) is -1.33. The van der Waals surface area contributed by atoms with Gasteiger partial charge in [-0.05, 0) is 11.1 Å². The van der Waals surface area contributed by atoms with Crippen LogP contribution in [0, 0.1) is 0 Å². The molecule has 0 aliphatic rings. The maximum atomic E-state index is 12.3. The number of nitrogens with one attached hydrogen (secondary N) is 2. The smallest absolute Gasteiger partial charge is 0.408 e. The van der Waals surface area contributed by atoms with Crippen LogP contribution in [0.15, 0.2) is 60.7 Å². The second-order valence-electron chi connectivity index (χ2n) is 5.84. The number of ether oxygens (including phenoxy) is 1. The zero-order valence-corrected chi connectivity index (χ0v) is 14.7. The van der Waals surface area contributed by atoms with Gasteiger partial charge in [0.1, 0.15) is 19.3 Å². The van der Waals surface area contributed by atoms with Crippen LogP contribution in [-0.4, -0.2) is 37.0 Å². The summed E-state index contributed by atoms with van der Waals surface area (Å²) in [4.78, 5) is 35.5. The summed E-state index contributed by atoms with van der Waals surface area (Å²) < 4.78 is 17.4. The Bertz CT molecular complexity index is 753. The first-order valence-corrected chi connectivity index (χ1v) is 8.45. The number of alkyl halides is 1. The van der Waals surface area contributed by atoms with Gasteiger partial charge in [-0.1, -0.05) is 60.7 Å². The first kappa shape index (κ1) is 20.1. The van der Waals surface area contributed by atoms with Crippen LogP contribution in [0.3, 0.4) is 0 Å². The van der Waals surface area contributed by atoms with Gasteiger partial charge in [0.2, 0.25) is 5.91 Å². The van der Waals surface area contributed by atoms with Gasteiger partial charge < -0.3 is 15.4 Å². The molecule has 0 saturated heterocycles. The van der Waals surface area contributed by atoms with E-state index in [0.717, 1.165) is 11.1 Å². The molecule has 0 aliphatic carbocycles. The van der Waals surface area contributed by atoms with E-state index in [4.69, 9.17) is 4.74 Å². The molecule has 0 saturated carbocycles. The minimum atomic E-state index is -1.16. The van der Waals surface area contributed by atoms with Crippen molar-refractivity contribution >= 4 is 17.8 Å². The number of halogens is 1. The van der Waals surface area contributed by atoms with Crippen LogP contribution >= 0.6 is 0 Å². The lowest BCUT2D eigenvalue weighted by Gasteiger charge is -2.18. The molecule has 0 fully saturated rings. The molecule has 0 unspecified atom stereocenters. The third-order valence-electron chi connectivity index (χ3n) is 3.71. The molecule has 0 aromatic heterocycles. The molecular weight excluding hydrogens is 351 g/mol. The predicted octanol–water partition coefficient (Wildman–Crippen LogP) is 2.18. The molecule has 0 spiro atoms. The zero-order valence-electron chi connectivity index (χ0n) is 14.7. The molecule has 142 valence electrons. The number of hydrogen-bond acceptors (Lipinski definition) is 4. The molecule has 27 heavy (non-hydrogen) atoms. The molecule has 2 N–H and O–H groups in total.